The van der Waals surface area contributed by atoms with Crippen molar-refractivity contribution in [2.45, 2.75) is 0 Å². The van der Waals surface area contributed by atoms with Gasteiger partial charge in [-0.15, -0.1) is 0 Å². The van der Waals surface area contributed by atoms with E-state index in [0.29, 0.717) is 16.9 Å². The summed E-state index contributed by atoms with van der Waals surface area (Å²) in [5.74, 6) is -0.536. The van der Waals surface area contributed by atoms with E-state index < -0.39 is 5.95 Å². The maximum atomic E-state index is 13.0. The molecule has 0 bridgehead atoms. The first-order valence-electron chi connectivity index (χ1n) is 5.24. The smallest absolute Gasteiger partial charge is 0.213 e. The van der Waals surface area contributed by atoms with Crippen molar-refractivity contribution in [1.82, 2.24) is 14.4 Å². The van der Waals surface area contributed by atoms with Crippen LogP contribution in [0.15, 0.2) is 42.9 Å². The molecule has 0 N–H and O–H groups in total. The van der Waals surface area contributed by atoms with Gasteiger partial charge in [0.25, 0.3) is 0 Å². The number of halogens is 1. The molecule has 0 fully saturated rings. The Morgan fingerprint density at radius 1 is 1.22 bits per heavy atom. The van der Waals surface area contributed by atoms with Crippen molar-refractivity contribution in [3.63, 3.8) is 0 Å². The molecule has 0 aliphatic carbocycles. The molecule has 4 nitrogen and oxygen atoms in total. The van der Waals surface area contributed by atoms with E-state index >= 15 is 0 Å². The summed E-state index contributed by atoms with van der Waals surface area (Å²) in [7, 11) is 0. The van der Waals surface area contributed by atoms with Crippen LogP contribution in [0.5, 0.6) is 0 Å². The molecule has 0 amide bonds. The van der Waals surface area contributed by atoms with Gasteiger partial charge in [-0.2, -0.15) is 4.39 Å². The molecule has 0 unspecified atom stereocenters. The van der Waals surface area contributed by atoms with Crippen LogP contribution in [0.1, 0.15) is 0 Å². The summed E-state index contributed by atoms with van der Waals surface area (Å²) in [5, 5.41) is 0. The van der Waals surface area contributed by atoms with Gasteiger partial charge in [-0.25, -0.2) is 14.8 Å². The third-order valence-electron chi connectivity index (χ3n) is 2.59. The number of fused-ring (bicyclic) bond motifs is 1. The SMILES string of the molecule is [C-]#[N+]c1ccc2nc(-c3ccnc([18F])c3)cn2c1. The predicted octanol–water partition coefficient (Wildman–Crippen LogP) is 3.09. The standard InChI is InChI=1S/C13H7FN4/c1-15-10-2-3-13-17-11(8-18(13)7-10)9-4-5-16-12(14)6-9/h2-8H/i14-1. The number of aromatic nitrogens is 3. The van der Waals surface area contributed by atoms with Crippen molar-refractivity contribution in [3.05, 3.63) is 60.2 Å². The highest BCUT2D eigenvalue weighted by molar-refractivity contribution is 5.63. The molecule has 86 valence electrons. The molecule has 0 aliphatic heterocycles. The molecule has 18 heavy (non-hydrogen) atoms. The van der Waals surface area contributed by atoms with E-state index in [4.69, 9.17) is 6.57 Å². The first-order valence-corrected chi connectivity index (χ1v) is 5.24. The molecule has 0 radical (unpaired) electrons. The average molecular weight is 237 g/mol. The molecule has 5 heteroatoms. The molecule has 0 aromatic carbocycles. The van der Waals surface area contributed by atoms with E-state index in [0.717, 1.165) is 5.65 Å². The van der Waals surface area contributed by atoms with Crippen LogP contribution in [0.2, 0.25) is 0 Å². The van der Waals surface area contributed by atoms with Crippen molar-refractivity contribution in [3.8, 4) is 11.3 Å². The quantitative estimate of drug-likeness (QED) is 0.481. The summed E-state index contributed by atoms with van der Waals surface area (Å²) in [4.78, 5) is 11.2. The van der Waals surface area contributed by atoms with Gasteiger partial charge >= 0.3 is 0 Å². The van der Waals surface area contributed by atoms with Gasteiger partial charge in [0.2, 0.25) is 11.6 Å². The van der Waals surface area contributed by atoms with E-state index in [9.17, 15) is 4.39 Å². The minimum absolute atomic E-state index is 0.535. The van der Waals surface area contributed by atoms with Crippen LogP contribution in [-0.4, -0.2) is 14.4 Å². The summed E-state index contributed by atoms with van der Waals surface area (Å²) in [6.45, 7) is 6.95. The third-order valence-corrected chi connectivity index (χ3v) is 2.59. The van der Waals surface area contributed by atoms with Crippen molar-refractivity contribution >= 4 is 11.3 Å². The zero-order valence-electron chi connectivity index (χ0n) is 9.21. The molecule has 0 atom stereocenters. The molecule has 3 aromatic heterocycles. The molecule has 0 aliphatic rings. The summed E-state index contributed by atoms with van der Waals surface area (Å²) in [6.07, 6.45) is 4.86. The van der Waals surface area contributed by atoms with Gasteiger partial charge in [-0.1, -0.05) is 6.07 Å². The fraction of sp³-hybridized carbons (Fsp3) is 0. The lowest BCUT2D eigenvalue weighted by atomic mass is 10.2. The molecule has 3 aromatic rings. The number of imidazole rings is 1. The Kier molecular flexibility index (Phi) is 2.27. The van der Waals surface area contributed by atoms with Crippen LogP contribution in [0.4, 0.5) is 10.1 Å². The van der Waals surface area contributed by atoms with Gasteiger partial charge < -0.3 is 4.40 Å². The van der Waals surface area contributed by atoms with E-state index in [1.165, 1.54) is 12.3 Å². The van der Waals surface area contributed by atoms with Crippen LogP contribution < -0.4 is 0 Å². The Hall–Kier alpha value is -2.74. The van der Waals surface area contributed by atoms with Crippen LogP contribution in [0.3, 0.4) is 0 Å². The third kappa shape index (κ3) is 1.70. The van der Waals surface area contributed by atoms with Crippen molar-refractivity contribution in [2.24, 2.45) is 0 Å². The van der Waals surface area contributed by atoms with Crippen LogP contribution in [-0.2, 0) is 0 Å². The van der Waals surface area contributed by atoms with Crippen LogP contribution in [0, 0.1) is 12.5 Å². The zero-order valence-corrected chi connectivity index (χ0v) is 9.21. The molecule has 3 heterocycles. The lowest BCUT2D eigenvalue weighted by Gasteiger charge is -1.94. The Labute approximate surface area is 102 Å². The topological polar surface area (TPSA) is 34.5 Å². The van der Waals surface area contributed by atoms with Gasteiger partial charge in [-0.3, -0.25) is 0 Å². The Bertz CT molecular complexity index is 770. The second kappa shape index (κ2) is 3.93. The van der Waals surface area contributed by atoms with E-state index in [1.54, 1.807) is 35.0 Å². The van der Waals surface area contributed by atoms with Gasteiger partial charge in [0.1, 0.15) is 5.65 Å². The molecular weight excluding hydrogens is 230 g/mol. The highest BCUT2D eigenvalue weighted by atomic mass is 18.2. The first kappa shape index (κ1) is 10.4. The molecular formula is C13H7FN4. The lowest BCUT2D eigenvalue weighted by Crippen LogP contribution is -1.83. The van der Waals surface area contributed by atoms with Gasteiger partial charge in [-0.05, 0) is 12.1 Å². The highest BCUT2D eigenvalue weighted by Gasteiger charge is 2.06. The second-order valence-corrected chi connectivity index (χ2v) is 3.76. The zero-order chi connectivity index (χ0) is 12.5. The van der Waals surface area contributed by atoms with E-state index in [1.807, 2.05) is 0 Å². The van der Waals surface area contributed by atoms with E-state index in [2.05, 4.69) is 14.8 Å². The molecule has 3 rings (SSSR count). The number of pyridine rings is 2. The number of nitrogens with zero attached hydrogens (tertiary/aromatic N) is 4. The minimum Gasteiger partial charge on any atom is -0.317 e. The first-order chi connectivity index (χ1) is 8.76. The Morgan fingerprint density at radius 3 is 2.89 bits per heavy atom. The van der Waals surface area contributed by atoms with Gasteiger partial charge in [0.15, 0.2) is 0 Å². The maximum absolute atomic E-state index is 13.0. The summed E-state index contributed by atoms with van der Waals surface area (Å²) < 4.78 is 14.8. The van der Waals surface area contributed by atoms with Crippen LogP contribution in [0.25, 0.3) is 21.7 Å². The number of rotatable bonds is 1. The van der Waals surface area contributed by atoms with Crippen molar-refractivity contribution < 1.29 is 4.39 Å². The molecule has 0 spiro atoms. The van der Waals surface area contributed by atoms with Crippen LogP contribution >= 0.6 is 0 Å². The number of hydrogen-bond acceptors (Lipinski definition) is 2. The minimum atomic E-state index is -0.536. The average Bonchev–Trinajstić information content (AvgIpc) is 2.81. The highest BCUT2D eigenvalue weighted by Crippen LogP contribution is 2.21. The van der Waals surface area contributed by atoms with Gasteiger partial charge in [0, 0.05) is 30.2 Å². The fourth-order valence-electron chi connectivity index (χ4n) is 1.75. The normalized spacial score (nSPS) is 10.4. The monoisotopic (exact) mass is 237 g/mol. The van der Waals surface area contributed by atoms with Crippen molar-refractivity contribution in [1.29, 1.82) is 0 Å². The summed E-state index contributed by atoms with van der Waals surface area (Å²) >= 11 is 0. The predicted molar refractivity (Wildman–Crippen MR) is 64.6 cm³/mol. The largest absolute Gasteiger partial charge is 0.317 e. The summed E-state index contributed by atoms with van der Waals surface area (Å²) in [5.41, 5.74) is 2.57. The second-order valence-electron chi connectivity index (χ2n) is 3.76. The molecule has 0 saturated carbocycles. The molecule has 0 saturated heterocycles. The number of hydrogen-bond donors (Lipinski definition) is 0. The van der Waals surface area contributed by atoms with Crippen molar-refractivity contribution in [2.75, 3.05) is 0 Å². The summed E-state index contributed by atoms with van der Waals surface area (Å²) in [6, 6.07) is 6.48. The Balaban J connectivity index is 2.17. The lowest BCUT2D eigenvalue weighted by molar-refractivity contribution is 0.584. The van der Waals surface area contributed by atoms with Gasteiger partial charge in [0.05, 0.1) is 12.3 Å². The van der Waals surface area contributed by atoms with E-state index in [-0.39, 0.29) is 0 Å². The fourth-order valence-corrected chi connectivity index (χ4v) is 1.75. The maximum Gasteiger partial charge on any atom is 0.213 e. The Morgan fingerprint density at radius 2 is 2.11 bits per heavy atom.